The van der Waals surface area contributed by atoms with Gasteiger partial charge in [0.15, 0.2) is 0 Å². The largest absolute Gasteiger partial charge is 0.458 e. The van der Waals surface area contributed by atoms with Crippen molar-refractivity contribution in [3.05, 3.63) is 53.3 Å². The van der Waals surface area contributed by atoms with Crippen LogP contribution in [-0.4, -0.2) is 40.0 Å². The minimum atomic E-state index is -4.38. The summed E-state index contributed by atoms with van der Waals surface area (Å²) in [6, 6.07) is 4.99. The lowest BCUT2D eigenvalue weighted by Crippen LogP contribution is -2.45. The Kier molecular flexibility index (Phi) is 6.16. The van der Waals surface area contributed by atoms with E-state index in [4.69, 9.17) is 4.74 Å². The molecule has 5 nitrogen and oxygen atoms in total. The number of ether oxygens (including phenoxy) is 1. The van der Waals surface area contributed by atoms with Crippen LogP contribution in [0, 0.1) is 0 Å². The summed E-state index contributed by atoms with van der Waals surface area (Å²) in [6.07, 6.45) is 1.36. The third kappa shape index (κ3) is 5.21. The first-order chi connectivity index (χ1) is 13.3. The highest BCUT2D eigenvalue weighted by Crippen LogP contribution is 2.29. The smallest absolute Gasteiger partial charge is 0.416 e. The van der Waals surface area contributed by atoms with E-state index in [9.17, 15) is 18.0 Å². The van der Waals surface area contributed by atoms with Gasteiger partial charge in [0.2, 0.25) is 5.91 Å². The number of rotatable bonds is 5. The molecule has 0 N–H and O–H groups in total. The van der Waals surface area contributed by atoms with E-state index in [1.807, 2.05) is 6.92 Å². The molecule has 2 heterocycles. The molecule has 8 heteroatoms. The first-order valence-corrected chi connectivity index (χ1v) is 9.26. The lowest BCUT2D eigenvalue weighted by molar-refractivity contribution is -0.137. The Hall–Kier alpha value is -2.64. The quantitative estimate of drug-likeness (QED) is 0.778. The predicted molar refractivity (Wildman–Crippen MR) is 96.8 cm³/mol. The van der Waals surface area contributed by atoms with E-state index in [1.165, 1.54) is 12.1 Å². The van der Waals surface area contributed by atoms with Gasteiger partial charge < -0.3 is 9.64 Å². The second kappa shape index (κ2) is 8.58. The number of halogens is 3. The number of amides is 1. The van der Waals surface area contributed by atoms with E-state index in [1.54, 1.807) is 17.3 Å². The molecule has 1 unspecified atom stereocenters. The zero-order valence-electron chi connectivity index (χ0n) is 15.6. The van der Waals surface area contributed by atoms with Crippen molar-refractivity contribution in [1.82, 2.24) is 14.9 Å². The monoisotopic (exact) mass is 393 g/mol. The van der Waals surface area contributed by atoms with Crippen molar-refractivity contribution in [2.24, 2.45) is 0 Å². The maximum absolute atomic E-state index is 12.6. The molecule has 0 saturated carbocycles. The second-order valence-corrected chi connectivity index (χ2v) is 6.82. The maximum Gasteiger partial charge on any atom is 0.416 e. The summed E-state index contributed by atoms with van der Waals surface area (Å²) in [5, 5.41) is 0. The molecule has 1 saturated heterocycles. The van der Waals surface area contributed by atoms with Crippen LogP contribution in [0.25, 0.3) is 0 Å². The van der Waals surface area contributed by atoms with E-state index in [2.05, 4.69) is 9.97 Å². The minimum Gasteiger partial charge on any atom is -0.458 e. The Bertz CT molecular complexity index is 792. The SMILES string of the molecule is CCc1cnc(OC2CCCN(C(=O)Cc3ccc(C(F)(F)F)cc3)C2)nc1. The Labute approximate surface area is 161 Å². The molecule has 150 valence electrons. The van der Waals surface area contributed by atoms with Crippen molar-refractivity contribution in [1.29, 1.82) is 0 Å². The van der Waals surface area contributed by atoms with Gasteiger partial charge in [0.05, 0.1) is 18.5 Å². The van der Waals surface area contributed by atoms with Crippen LogP contribution in [0.4, 0.5) is 13.2 Å². The molecule has 0 bridgehead atoms. The molecule has 1 amide bonds. The van der Waals surface area contributed by atoms with Gasteiger partial charge in [-0.05, 0) is 42.5 Å². The Morgan fingerprint density at radius 1 is 1.18 bits per heavy atom. The van der Waals surface area contributed by atoms with Crippen molar-refractivity contribution < 1.29 is 22.7 Å². The summed E-state index contributed by atoms with van der Waals surface area (Å²) in [6.45, 7) is 3.04. The fraction of sp³-hybridized carbons (Fsp3) is 0.450. The van der Waals surface area contributed by atoms with Crippen molar-refractivity contribution in [3.63, 3.8) is 0 Å². The number of aryl methyl sites for hydroxylation is 1. The summed E-state index contributed by atoms with van der Waals surface area (Å²) in [7, 11) is 0. The van der Waals surface area contributed by atoms with Gasteiger partial charge in [0, 0.05) is 18.9 Å². The molecule has 0 aliphatic carbocycles. The van der Waals surface area contributed by atoms with Gasteiger partial charge in [0.25, 0.3) is 0 Å². The van der Waals surface area contributed by atoms with E-state index in [0.717, 1.165) is 37.0 Å². The molecule has 1 aliphatic heterocycles. The molecular weight excluding hydrogens is 371 g/mol. The number of benzene rings is 1. The van der Waals surface area contributed by atoms with Crippen LogP contribution < -0.4 is 4.74 Å². The zero-order chi connectivity index (χ0) is 20.1. The lowest BCUT2D eigenvalue weighted by atomic mass is 10.1. The van der Waals surface area contributed by atoms with Gasteiger partial charge in [-0.2, -0.15) is 13.2 Å². The van der Waals surface area contributed by atoms with Crippen LogP contribution in [0.15, 0.2) is 36.7 Å². The molecule has 0 spiro atoms. The van der Waals surface area contributed by atoms with Gasteiger partial charge in [-0.25, -0.2) is 9.97 Å². The molecule has 0 radical (unpaired) electrons. The number of hydrogen-bond donors (Lipinski definition) is 0. The third-order valence-corrected chi connectivity index (χ3v) is 4.73. The normalized spacial score (nSPS) is 17.4. The van der Waals surface area contributed by atoms with Gasteiger partial charge in [-0.1, -0.05) is 19.1 Å². The number of likely N-dealkylation sites (tertiary alicyclic amines) is 1. The van der Waals surface area contributed by atoms with E-state index < -0.39 is 11.7 Å². The summed E-state index contributed by atoms with van der Waals surface area (Å²) < 4.78 is 43.7. The topological polar surface area (TPSA) is 55.3 Å². The van der Waals surface area contributed by atoms with Crippen molar-refractivity contribution in [2.45, 2.75) is 44.9 Å². The highest BCUT2D eigenvalue weighted by Gasteiger charge is 2.30. The molecular formula is C20H22F3N3O2. The minimum absolute atomic E-state index is 0.0621. The van der Waals surface area contributed by atoms with Gasteiger partial charge in [-0.3, -0.25) is 4.79 Å². The molecule has 1 aromatic carbocycles. The number of nitrogens with zero attached hydrogens (tertiary/aromatic N) is 3. The Morgan fingerprint density at radius 2 is 1.86 bits per heavy atom. The van der Waals surface area contributed by atoms with Crippen LogP contribution >= 0.6 is 0 Å². The molecule has 1 aromatic heterocycles. The van der Waals surface area contributed by atoms with Crippen molar-refractivity contribution in [3.8, 4) is 6.01 Å². The van der Waals surface area contributed by atoms with Gasteiger partial charge in [0.1, 0.15) is 6.10 Å². The van der Waals surface area contributed by atoms with Crippen LogP contribution in [0.1, 0.15) is 36.5 Å². The highest BCUT2D eigenvalue weighted by atomic mass is 19.4. The van der Waals surface area contributed by atoms with E-state index in [0.29, 0.717) is 24.7 Å². The summed E-state index contributed by atoms with van der Waals surface area (Å²) in [5.74, 6) is -0.129. The summed E-state index contributed by atoms with van der Waals surface area (Å²) >= 11 is 0. The number of carbonyl (C=O) groups excluding carboxylic acids is 1. The van der Waals surface area contributed by atoms with Crippen LogP contribution in [-0.2, 0) is 23.8 Å². The van der Waals surface area contributed by atoms with Crippen molar-refractivity contribution >= 4 is 5.91 Å². The first kappa shape index (κ1) is 20.1. The zero-order valence-corrected chi connectivity index (χ0v) is 15.6. The maximum atomic E-state index is 12.6. The number of carbonyl (C=O) groups is 1. The van der Waals surface area contributed by atoms with Crippen LogP contribution in [0.2, 0.25) is 0 Å². The first-order valence-electron chi connectivity index (χ1n) is 9.26. The number of hydrogen-bond acceptors (Lipinski definition) is 4. The fourth-order valence-corrected chi connectivity index (χ4v) is 3.09. The highest BCUT2D eigenvalue weighted by molar-refractivity contribution is 5.79. The standard InChI is InChI=1S/C20H22F3N3O2/c1-2-14-11-24-19(25-12-14)28-17-4-3-9-26(13-17)18(27)10-15-5-7-16(8-6-15)20(21,22)23/h5-8,11-12,17H,2-4,9-10,13H2,1H3. The Balaban J connectivity index is 1.56. The fourth-order valence-electron chi connectivity index (χ4n) is 3.09. The summed E-state index contributed by atoms with van der Waals surface area (Å²) in [5.41, 5.74) is 0.855. The molecule has 28 heavy (non-hydrogen) atoms. The molecule has 1 aliphatic rings. The lowest BCUT2D eigenvalue weighted by Gasteiger charge is -2.32. The predicted octanol–water partition coefficient (Wildman–Crippen LogP) is 3.67. The van der Waals surface area contributed by atoms with E-state index >= 15 is 0 Å². The average Bonchev–Trinajstić information content (AvgIpc) is 2.68. The van der Waals surface area contributed by atoms with Crippen molar-refractivity contribution in [2.75, 3.05) is 13.1 Å². The molecule has 1 fully saturated rings. The Morgan fingerprint density at radius 3 is 2.46 bits per heavy atom. The van der Waals surface area contributed by atoms with Gasteiger partial charge >= 0.3 is 12.2 Å². The third-order valence-electron chi connectivity index (χ3n) is 4.73. The van der Waals surface area contributed by atoms with E-state index in [-0.39, 0.29) is 18.4 Å². The number of alkyl halides is 3. The molecule has 3 rings (SSSR count). The average molecular weight is 393 g/mol. The van der Waals surface area contributed by atoms with Gasteiger partial charge in [-0.15, -0.1) is 0 Å². The second-order valence-electron chi connectivity index (χ2n) is 6.82. The van der Waals surface area contributed by atoms with Crippen LogP contribution in [0.5, 0.6) is 6.01 Å². The molecule has 1 atom stereocenters. The number of piperidine rings is 1. The van der Waals surface area contributed by atoms with Crippen LogP contribution in [0.3, 0.4) is 0 Å². The molecule has 2 aromatic rings. The summed E-state index contributed by atoms with van der Waals surface area (Å²) in [4.78, 5) is 22.6. The number of aromatic nitrogens is 2.